The van der Waals surface area contributed by atoms with Crippen LogP contribution in [0.4, 0.5) is 5.82 Å². The highest BCUT2D eigenvalue weighted by Crippen LogP contribution is 2.21. The molecular weight excluding hydrogens is 302 g/mol. The minimum Gasteiger partial charge on any atom is -0.467 e. The van der Waals surface area contributed by atoms with Gasteiger partial charge in [0.15, 0.2) is 0 Å². The first-order valence-electron chi connectivity index (χ1n) is 7.64. The van der Waals surface area contributed by atoms with E-state index in [0.29, 0.717) is 30.4 Å². The van der Waals surface area contributed by atoms with Gasteiger partial charge in [-0.2, -0.15) is 5.26 Å². The van der Waals surface area contributed by atoms with E-state index in [1.807, 2.05) is 47.4 Å². The van der Waals surface area contributed by atoms with Gasteiger partial charge in [0.2, 0.25) is 0 Å². The molecular formula is C19H17N3O2. The largest absolute Gasteiger partial charge is 0.467 e. The Hall–Kier alpha value is -3.10. The summed E-state index contributed by atoms with van der Waals surface area (Å²) in [5.74, 6) is 1.15. The Bertz CT molecular complexity index is 810. The van der Waals surface area contributed by atoms with Crippen LogP contribution in [0.2, 0.25) is 0 Å². The molecule has 0 radical (unpaired) electrons. The Labute approximate surface area is 140 Å². The highest BCUT2D eigenvalue weighted by molar-refractivity contribution is 5.43. The molecule has 5 nitrogen and oxygen atoms in total. The summed E-state index contributed by atoms with van der Waals surface area (Å²) in [5.41, 5.74) is 1.44. The number of hydrogen-bond donors (Lipinski definition) is 1. The molecule has 24 heavy (non-hydrogen) atoms. The number of furan rings is 1. The molecule has 1 atom stereocenters. The molecule has 2 aromatic heterocycles. The van der Waals surface area contributed by atoms with E-state index >= 15 is 0 Å². The molecule has 0 spiro atoms. The van der Waals surface area contributed by atoms with Gasteiger partial charge in [0.1, 0.15) is 29.4 Å². The van der Waals surface area contributed by atoms with Crippen LogP contribution in [0.1, 0.15) is 23.1 Å². The first-order chi connectivity index (χ1) is 11.8. The number of benzene rings is 1. The van der Waals surface area contributed by atoms with E-state index in [1.165, 1.54) is 6.26 Å². The number of anilines is 1. The average Bonchev–Trinajstić information content (AvgIpc) is 3.17. The van der Waals surface area contributed by atoms with Gasteiger partial charge >= 0.3 is 0 Å². The molecule has 3 rings (SSSR count). The number of hydrogen-bond acceptors (Lipinski definition) is 5. The number of aliphatic hydroxyl groups is 1. The van der Waals surface area contributed by atoms with Crippen LogP contribution >= 0.6 is 0 Å². The van der Waals surface area contributed by atoms with Gasteiger partial charge in [-0.05, 0) is 29.8 Å². The predicted octanol–water partition coefficient (Wildman–Crippen LogP) is 3.29. The molecule has 1 N–H and O–H groups in total. The lowest BCUT2D eigenvalue weighted by Crippen LogP contribution is -2.29. The standard InChI is InChI=1S/C19H17N3O2/c20-12-16-8-4-10-19(21-16)22(13-15-6-2-1-3-7-15)14-17(23)18-9-5-11-24-18/h1-11,17,23H,13-14H2. The van der Waals surface area contributed by atoms with Gasteiger partial charge < -0.3 is 14.4 Å². The Balaban J connectivity index is 1.86. The predicted molar refractivity (Wildman–Crippen MR) is 90.1 cm³/mol. The third-order valence-electron chi connectivity index (χ3n) is 3.65. The Morgan fingerprint density at radius 3 is 2.62 bits per heavy atom. The maximum Gasteiger partial charge on any atom is 0.142 e. The SMILES string of the molecule is N#Cc1cccc(N(Cc2ccccc2)CC(O)c2ccco2)n1. The van der Waals surface area contributed by atoms with E-state index in [2.05, 4.69) is 4.98 Å². The number of nitriles is 1. The summed E-state index contributed by atoms with van der Waals surface area (Å²) in [6.07, 6.45) is 0.755. The van der Waals surface area contributed by atoms with Crippen molar-refractivity contribution in [2.45, 2.75) is 12.6 Å². The van der Waals surface area contributed by atoms with Crippen LogP contribution in [0.25, 0.3) is 0 Å². The molecule has 0 aliphatic carbocycles. The summed E-state index contributed by atoms with van der Waals surface area (Å²) in [6, 6.07) is 20.7. The molecule has 5 heteroatoms. The first-order valence-corrected chi connectivity index (χ1v) is 7.64. The quantitative estimate of drug-likeness (QED) is 0.755. The molecule has 1 unspecified atom stereocenters. The summed E-state index contributed by atoms with van der Waals surface area (Å²) in [4.78, 5) is 6.28. The molecule has 0 saturated heterocycles. The van der Waals surface area contributed by atoms with Crippen molar-refractivity contribution in [2.75, 3.05) is 11.4 Å². The lowest BCUT2D eigenvalue weighted by Gasteiger charge is -2.26. The molecule has 0 bridgehead atoms. The second-order valence-electron chi connectivity index (χ2n) is 5.39. The van der Waals surface area contributed by atoms with E-state index in [0.717, 1.165) is 5.56 Å². The maximum atomic E-state index is 10.4. The maximum absolute atomic E-state index is 10.4. The fourth-order valence-corrected chi connectivity index (χ4v) is 2.48. The van der Waals surface area contributed by atoms with Gasteiger partial charge in [-0.25, -0.2) is 4.98 Å². The molecule has 2 heterocycles. The third-order valence-corrected chi connectivity index (χ3v) is 3.65. The minimum absolute atomic E-state index is 0.310. The summed E-state index contributed by atoms with van der Waals surface area (Å²) in [6.45, 7) is 0.880. The Morgan fingerprint density at radius 2 is 1.92 bits per heavy atom. The summed E-state index contributed by atoms with van der Waals surface area (Å²) in [5, 5.41) is 19.5. The average molecular weight is 319 g/mol. The normalized spacial score (nSPS) is 11.7. The first kappa shape index (κ1) is 15.8. The molecule has 0 fully saturated rings. The van der Waals surface area contributed by atoms with Crippen molar-refractivity contribution in [2.24, 2.45) is 0 Å². The highest BCUT2D eigenvalue weighted by atomic mass is 16.4. The van der Waals surface area contributed by atoms with Gasteiger partial charge in [-0.3, -0.25) is 0 Å². The van der Waals surface area contributed by atoms with Crippen molar-refractivity contribution in [3.05, 3.63) is 83.9 Å². The van der Waals surface area contributed by atoms with Crippen molar-refractivity contribution in [3.63, 3.8) is 0 Å². The molecule has 3 aromatic rings. The summed E-state index contributed by atoms with van der Waals surface area (Å²) in [7, 11) is 0. The zero-order valence-corrected chi connectivity index (χ0v) is 13.0. The number of aliphatic hydroxyl groups excluding tert-OH is 1. The monoisotopic (exact) mass is 319 g/mol. The summed E-state index contributed by atoms with van der Waals surface area (Å²) < 4.78 is 5.28. The van der Waals surface area contributed by atoms with Gasteiger partial charge in [0.05, 0.1) is 12.8 Å². The van der Waals surface area contributed by atoms with Crippen molar-refractivity contribution < 1.29 is 9.52 Å². The zero-order valence-electron chi connectivity index (χ0n) is 13.0. The topological polar surface area (TPSA) is 73.3 Å². The molecule has 0 saturated carbocycles. The smallest absolute Gasteiger partial charge is 0.142 e. The minimum atomic E-state index is -0.781. The molecule has 0 aliphatic rings. The van der Waals surface area contributed by atoms with Crippen LogP contribution in [0.3, 0.4) is 0 Å². The zero-order chi connectivity index (χ0) is 16.8. The van der Waals surface area contributed by atoms with Crippen molar-refractivity contribution in [3.8, 4) is 6.07 Å². The second-order valence-corrected chi connectivity index (χ2v) is 5.39. The number of rotatable bonds is 6. The van der Waals surface area contributed by atoms with Crippen LogP contribution in [0.5, 0.6) is 0 Å². The van der Waals surface area contributed by atoms with Crippen molar-refractivity contribution in [1.82, 2.24) is 4.98 Å². The van der Waals surface area contributed by atoms with Crippen LogP contribution in [-0.2, 0) is 6.54 Å². The number of nitrogens with zero attached hydrogens (tertiary/aromatic N) is 3. The van der Waals surface area contributed by atoms with E-state index in [1.54, 1.807) is 24.3 Å². The fraction of sp³-hybridized carbons (Fsp3) is 0.158. The van der Waals surface area contributed by atoms with E-state index in [-0.39, 0.29) is 0 Å². The summed E-state index contributed by atoms with van der Waals surface area (Å²) >= 11 is 0. The fourth-order valence-electron chi connectivity index (χ4n) is 2.48. The van der Waals surface area contributed by atoms with Crippen molar-refractivity contribution in [1.29, 1.82) is 5.26 Å². The lowest BCUT2D eigenvalue weighted by molar-refractivity contribution is 0.154. The van der Waals surface area contributed by atoms with Crippen LogP contribution in [-0.4, -0.2) is 16.6 Å². The van der Waals surface area contributed by atoms with Crippen molar-refractivity contribution >= 4 is 5.82 Å². The Morgan fingerprint density at radius 1 is 1.08 bits per heavy atom. The van der Waals surface area contributed by atoms with Gasteiger partial charge in [-0.15, -0.1) is 0 Å². The van der Waals surface area contributed by atoms with E-state index < -0.39 is 6.10 Å². The molecule has 120 valence electrons. The molecule has 0 aliphatic heterocycles. The third kappa shape index (κ3) is 3.80. The van der Waals surface area contributed by atoms with Gasteiger partial charge in [-0.1, -0.05) is 36.4 Å². The van der Waals surface area contributed by atoms with Crippen LogP contribution < -0.4 is 4.90 Å². The lowest BCUT2D eigenvalue weighted by atomic mass is 10.2. The van der Waals surface area contributed by atoms with Gasteiger partial charge in [0.25, 0.3) is 0 Å². The van der Waals surface area contributed by atoms with E-state index in [9.17, 15) is 5.11 Å². The second kappa shape index (κ2) is 7.44. The van der Waals surface area contributed by atoms with E-state index in [4.69, 9.17) is 9.68 Å². The van der Waals surface area contributed by atoms with Gasteiger partial charge in [0, 0.05) is 6.54 Å². The Kier molecular flexibility index (Phi) is 4.90. The van der Waals surface area contributed by atoms with Crippen LogP contribution in [0, 0.1) is 11.3 Å². The van der Waals surface area contributed by atoms with Crippen LogP contribution in [0.15, 0.2) is 71.3 Å². The molecule has 1 aromatic carbocycles. The number of aromatic nitrogens is 1. The molecule has 0 amide bonds. The highest BCUT2D eigenvalue weighted by Gasteiger charge is 2.18. The number of pyridine rings is 1.